The molecule has 1 atom stereocenters. The molecule has 5 nitrogen and oxygen atoms in total. The fraction of sp³-hybridized carbons (Fsp3) is 0.571. The molecule has 1 fully saturated rings. The van der Waals surface area contributed by atoms with Crippen molar-refractivity contribution < 1.29 is 14.3 Å². The Labute approximate surface area is 122 Å². The molecule has 2 rings (SSSR count). The first-order chi connectivity index (χ1) is 9.51. The number of carbonyl (C=O) groups excluding carboxylic acids is 2. The second-order valence-electron chi connectivity index (χ2n) is 5.11. The predicted molar refractivity (Wildman–Crippen MR) is 77.6 cm³/mol. The van der Waals surface area contributed by atoms with Gasteiger partial charge < -0.3 is 15.0 Å². The standard InChI is InChI=1S/C14H20N2O3S/c1-11(17)16-7-8-19-14(2,10-16)13(18)15-6-5-12-4-3-9-20-12/h3-4,9H,5-8,10H2,1-2H3,(H,15,18). The number of carbonyl (C=O) groups is 2. The van der Waals surface area contributed by atoms with Gasteiger partial charge in [-0.15, -0.1) is 11.3 Å². The molecule has 0 bridgehead atoms. The zero-order valence-electron chi connectivity index (χ0n) is 11.8. The normalized spacial score (nSPS) is 22.6. The van der Waals surface area contributed by atoms with Crippen LogP contribution in [0.1, 0.15) is 18.7 Å². The maximum absolute atomic E-state index is 12.2. The Kier molecular flexibility index (Phi) is 4.77. The number of hydrogen-bond donors (Lipinski definition) is 1. The van der Waals surface area contributed by atoms with Crippen molar-refractivity contribution in [2.24, 2.45) is 0 Å². The SMILES string of the molecule is CC(=O)N1CCOC(C)(C(=O)NCCc2cccs2)C1. The van der Waals surface area contributed by atoms with Crippen molar-refractivity contribution in [2.75, 3.05) is 26.2 Å². The Balaban J connectivity index is 1.85. The van der Waals surface area contributed by atoms with Crippen molar-refractivity contribution in [3.8, 4) is 0 Å². The third kappa shape index (κ3) is 3.58. The molecule has 2 amide bonds. The van der Waals surface area contributed by atoms with E-state index in [4.69, 9.17) is 4.74 Å². The minimum Gasteiger partial charge on any atom is -0.362 e. The number of morpholine rings is 1. The van der Waals surface area contributed by atoms with Crippen LogP contribution in [-0.4, -0.2) is 48.6 Å². The molecule has 0 radical (unpaired) electrons. The Hall–Kier alpha value is -1.40. The summed E-state index contributed by atoms with van der Waals surface area (Å²) in [6.07, 6.45) is 0.815. The van der Waals surface area contributed by atoms with Crippen molar-refractivity contribution in [3.63, 3.8) is 0 Å². The van der Waals surface area contributed by atoms with Crippen LogP contribution in [0.25, 0.3) is 0 Å². The van der Waals surface area contributed by atoms with Gasteiger partial charge in [-0.3, -0.25) is 9.59 Å². The highest BCUT2D eigenvalue weighted by molar-refractivity contribution is 7.09. The average Bonchev–Trinajstić information content (AvgIpc) is 2.91. The quantitative estimate of drug-likeness (QED) is 0.903. The van der Waals surface area contributed by atoms with E-state index in [1.807, 2.05) is 17.5 Å². The first-order valence-corrected chi connectivity index (χ1v) is 7.59. The fourth-order valence-corrected chi connectivity index (χ4v) is 2.93. The predicted octanol–water partition coefficient (Wildman–Crippen LogP) is 1.04. The van der Waals surface area contributed by atoms with Crippen LogP contribution in [0.2, 0.25) is 0 Å². The van der Waals surface area contributed by atoms with E-state index in [9.17, 15) is 9.59 Å². The lowest BCUT2D eigenvalue weighted by atomic mass is 10.0. The highest BCUT2D eigenvalue weighted by Gasteiger charge is 2.39. The van der Waals surface area contributed by atoms with Crippen LogP contribution < -0.4 is 5.32 Å². The van der Waals surface area contributed by atoms with Crippen LogP contribution in [-0.2, 0) is 20.7 Å². The van der Waals surface area contributed by atoms with E-state index in [1.165, 1.54) is 11.8 Å². The van der Waals surface area contributed by atoms with E-state index >= 15 is 0 Å². The van der Waals surface area contributed by atoms with Crippen molar-refractivity contribution in [1.29, 1.82) is 0 Å². The topological polar surface area (TPSA) is 58.6 Å². The van der Waals surface area contributed by atoms with Crippen LogP contribution in [0.5, 0.6) is 0 Å². The monoisotopic (exact) mass is 296 g/mol. The summed E-state index contributed by atoms with van der Waals surface area (Å²) in [5, 5.41) is 4.92. The molecular weight excluding hydrogens is 276 g/mol. The van der Waals surface area contributed by atoms with Crippen LogP contribution >= 0.6 is 11.3 Å². The third-order valence-corrected chi connectivity index (χ3v) is 4.37. The molecule has 0 saturated carbocycles. The number of amides is 2. The largest absolute Gasteiger partial charge is 0.362 e. The van der Waals surface area contributed by atoms with Gasteiger partial charge in [-0.2, -0.15) is 0 Å². The summed E-state index contributed by atoms with van der Waals surface area (Å²) in [5.74, 6) is -0.175. The maximum atomic E-state index is 12.2. The average molecular weight is 296 g/mol. The molecule has 1 N–H and O–H groups in total. The number of ether oxygens (including phenoxy) is 1. The highest BCUT2D eigenvalue weighted by atomic mass is 32.1. The fourth-order valence-electron chi connectivity index (χ4n) is 2.22. The number of hydrogen-bond acceptors (Lipinski definition) is 4. The van der Waals surface area contributed by atoms with Gasteiger partial charge >= 0.3 is 0 Å². The summed E-state index contributed by atoms with van der Waals surface area (Å²) in [4.78, 5) is 26.6. The number of thiophene rings is 1. The van der Waals surface area contributed by atoms with Crippen molar-refractivity contribution >= 4 is 23.2 Å². The van der Waals surface area contributed by atoms with Crippen molar-refractivity contribution in [3.05, 3.63) is 22.4 Å². The van der Waals surface area contributed by atoms with Crippen LogP contribution in [0.3, 0.4) is 0 Å². The van der Waals surface area contributed by atoms with Crippen LogP contribution in [0, 0.1) is 0 Å². The lowest BCUT2D eigenvalue weighted by Crippen LogP contribution is -2.59. The Morgan fingerprint density at radius 3 is 3.00 bits per heavy atom. The lowest BCUT2D eigenvalue weighted by molar-refractivity contribution is -0.161. The number of nitrogens with zero attached hydrogens (tertiary/aromatic N) is 1. The lowest BCUT2D eigenvalue weighted by Gasteiger charge is -2.38. The second-order valence-corrected chi connectivity index (χ2v) is 6.14. The minimum absolute atomic E-state index is 0.0223. The molecule has 1 unspecified atom stereocenters. The molecule has 1 aromatic rings. The zero-order valence-corrected chi connectivity index (χ0v) is 12.7. The minimum atomic E-state index is -0.945. The Morgan fingerprint density at radius 2 is 2.35 bits per heavy atom. The molecule has 110 valence electrons. The first-order valence-electron chi connectivity index (χ1n) is 6.71. The van der Waals surface area contributed by atoms with Gasteiger partial charge in [0.05, 0.1) is 13.2 Å². The molecule has 0 aromatic carbocycles. The van der Waals surface area contributed by atoms with E-state index in [0.717, 1.165) is 6.42 Å². The number of rotatable bonds is 4. The third-order valence-electron chi connectivity index (χ3n) is 3.44. The Bertz CT molecular complexity index is 475. The molecule has 0 aliphatic carbocycles. The smallest absolute Gasteiger partial charge is 0.253 e. The van der Waals surface area contributed by atoms with E-state index in [0.29, 0.717) is 26.2 Å². The summed E-state index contributed by atoms with van der Waals surface area (Å²) in [7, 11) is 0. The summed E-state index contributed by atoms with van der Waals surface area (Å²) in [6.45, 7) is 5.09. The Morgan fingerprint density at radius 1 is 1.55 bits per heavy atom. The van der Waals surface area contributed by atoms with E-state index in [-0.39, 0.29) is 11.8 Å². The van der Waals surface area contributed by atoms with Gasteiger partial charge in [0.2, 0.25) is 5.91 Å². The highest BCUT2D eigenvalue weighted by Crippen LogP contribution is 2.18. The van der Waals surface area contributed by atoms with Gasteiger partial charge in [0.25, 0.3) is 5.91 Å². The van der Waals surface area contributed by atoms with Crippen LogP contribution in [0.15, 0.2) is 17.5 Å². The molecule has 1 saturated heterocycles. The van der Waals surface area contributed by atoms with Gasteiger partial charge in [0.15, 0.2) is 5.60 Å². The second kappa shape index (κ2) is 6.37. The van der Waals surface area contributed by atoms with Gasteiger partial charge in [-0.05, 0) is 24.8 Å². The molecule has 20 heavy (non-hydrogen) atoms. The summed E-state index contributed by atoms with van der Waals surface area (Å²) in [5.41, 5.74) is -0.945. The van der Waals surface area contributed by atoms with Crippen LogP contribution in [0.4, 0.5) is 0 Å². The van der Waals surface area contributed by atoms with Gasteiger partial charge in [-0.1, -0.05) is 6.07 Å². The molecule has 1 aliphatic heterocycles. The summed E-state index contributed by atoms with van der Waals surface area (Å²) in [6, 6.07) is 4.05. The molecule has 1 aliphatic rings. The molecule has 2 heterocycles. The van der Waals surface area contributed by atoms with E-state index in [2.05, 4.69) is 5.32 Å². The molecular formula is C14H20N2O3S. The summed E-state index contributed by atoms with van der Waals surface area (Å²) < 4.78 is 5.59. The zero-order chi connectivity index (χ0) is 14.6. The van der Waals surface area contributed by atoms with Gasteiger partial charge in [-0.25, -0.2) is 0 Å². The summed E-state index contributed by atoms with van der Waals surface area (Å²) >= 11 is 1.68. The van der Waals surface area contributed by atoms with E-state index in [1.54, 1.807) is 23.2 Å². The van der Waals surface area contributed by atoms with Crippen molar-refractivity contribution in [1.82, 2.24) is 10.2 Å². The first kappa shape index (κ1) is 15.0. The van der Waals surface area contributed by atoms with Gasteiger partial charge in [0.1, 0.15) is 0 Å². The maximum Gasteiger partial charge on any atom is 0.253 e. The van der Waals surface area contributed by atoms with E-state index < -0.39 is 5.60 Å². The molecule has 1 aromatic heterocycles. The van der Waals surface area contributed by atoms with Crippen molar-refractivity contribution in [2.45, 2.75) is 25.9 Å². The van der Waals surface area contributed by atoms with Gasteiger partial charge in [0, 0.05) is 24.9 Å². The molecule has 0 spiro atoms. The number of nitrogens with one attached hydrogen (secondary N) is 1. The molecule has 6 heteroatoms.